The van der Waals surface area contributed by atoms with Gasteiger partial charge in [-0.15, -0.1) is 0 Å². The fraction of sp³-hybridized carbons (Fsp3) is 0.786. The Kier molecular flexibility index (Phi) is 8.50. The standard InChI is InChI=1S/C28H45N5O4S/c1-21-25(28(35)31-13-7-4-8-14-31)26(22(2)29-21)38(36,37)33-15-11-23(12-16-33)27(34)32-19-17-30(18-20-32)24-9-5-3-6-10-24/h23-24,29H,3-20H2,1-2H3. The Morgan fingerprint density at radius 1 is 0.711 bits per heavy atom. The first kappa shape index (κ1) is 27.6. The lowest BCUT2D eigenvalue weighted by Crippen LogP contribution is -2.54. The SMILES string of the molecule is Cc1[nH]c(C)c(S(=O)(=O)N2CCC(C(=O)N3CCN(C4CCCCC4)CC3)CC2)c1C(=O)N1CCCCC1. The number of piperazine rings is 1. The van der Waals surface area contributed by atoms with Gasteiger partial charge in [-0.05, 0) is 58.8 Å². The van der Waals surface area contributed by atoms with Crippen molar-refractivity contribution in [2.45, 2.75) is 89.0 Å². The highest BCUT2D eigenvalue weighted by atomic mass is 32.2. The Bertz CT molecular complexity index is 1100. The predicted octanol–water partition coefficient (Wildman–Crippen LogP) is 3.14. The van der Waals surface area contributed by atoms with E-state index < -0.39 is 10.0 Å². The van der Waals surface area contributed by atoms with Gasteiger partial charge in [0.1, 0.15) is 4.90 Å². The average Bonchev–Trinajstić information content (AvgIpc) is 3.27. The van der Waals surface area contributed by atoms with Crippen LogP contribution in [0, 0.1) is 19.8 Å². The summed E-state index contributed by atoms with van der Waals surface area (Å²) in [6, 6.07) is 0.682. The molecule has 212 valence electrons. The summed E-state index contributed by atoms with van der Waals surface area (Å²) < 4.78 is 29.1. The molecular weight excluding hydrogens is 502 g/mol. The Balaban J connectivity index is 1.20. The number of nitrogens with zero attached hydrogens (tertiary/aromatic N) is 4. The molecule has 0 radical (unpaired) electrons. The van der Waals surface area contributed by atoms with Crippen LogP contribution in [0.5, 0.6) is 0 Å². The summed E-state index contributed by atoms with van der Waals surface area (Å²) in [6.45, 7) is 8.92. The first-order valence-corrected chi connectivity index (χ1v) is 16.2. The minimum absolute atomic E-state index is 0.120. The molecule has 2 amide bonds. The molecule has 5 rings (SSSR count). The first-order valence-electron chi connectivity index (χ1n) is 14.8. The molecule has 1 aromatic heterocycles. The number of rotatable bonds is 5. The van der Waals surface area contributed by atoms with E-state index in [-0.39, 0.29) is 22.6 Å². The number of nitrogens with one attached hydrogen (secondary N) is 1. The monoisotopic (exact) mass is 547 g/mol. The molecular formula is C28H45N5O4S. The van der Waals surface area contributed by atoms with Gasteiger partial charge in [0.25, 0.3) is 5.91 Å². The van der Waals surface area contributed by atoms with Gasteiger partial charge in [0.15, 0.2) is 0 Å². The van der Waals surface area contributed by atoms with Crippen LogP contribution in [0.2, 0.25) is 0 Å². The van der Waals surface area contributed by atoms with E-state index in [1.54, 1.807) is 18.7 Å². The van der Waals surface area contributed by atoms with Crippen molar-refractivity contribution >= 4 is 21.8 Å². The van der Waals surface area contributed by atoms with Crippen molar-refractivity contribution in [1.29, 1.82) is 0 Å². The van der Waals surface area contributed by atoms with E-state index in [1.165, 1.54) is 36.4 Å². The maximum atomic E-state index is 13.8. The van der Waals surface area contributed by atoms with Gasteiger partial charge < -0.3 is 14.8 Å². The summed E-state index contributed by atoms with van der Waals surface area (Å²) in [5.41, 5.74) is 1.41. The lowest BCUT2D eigenvalue weighted by Gasteiger charge is -2.42. The smallest absolute Gasteiger partial charge is 0.257 e. The van der Waals surface area contributed by atoms with Crippen molar-refractivity contribution in [2.24, 2.45) is 5.92 Å². The molecule has 3 aliphatic heterocycles. The Morgan fingerprint density at radius 3 is 1.95 bits per heavy atom. The Hall–Kier alpha value is -1.91. The van der Waals surface area contributed by atoms with Crippen LogP contribution >= 0.6 is 0 Å². The van der Waals surface area contributed by atoms with Gasteiger partial charge in [-0.2, -0.15) is 4.31 Å². The van der Waals surface area contributed by atoms with Crippen LogP contribution in [0.1, 0.15) is 86.0 Å². The minimum atomic E-state index is -3.86. The van der Waals surface area contributed by atoms with Gasteiger partial charge >= 0.3 is 0 Å². The maximum Gasteiger partial charge on any atom is 0.257 e. The molecule has 0 spiro atoms. The van der Waals surface area contributed by atoms with Gasteiger partial charge in [0, 0.05) is 75.7 Å². The van der Waals surface area contributed by atoms with Gasteiger partial charge in [0.2, 0.25) is 15.9 Å². The number of amides is 2. The van der Waals surface area contributed by atoms with Crippen molar-refractivity contribution in [3.63, 3.8) is 0 Å². The number of aromatic nitrogens is 1. The van der Waals surface area contributed by atoms with Crippen LogP contribution in [0.3, 0.4) is 0 Å². The van der Waals surface area contributed by atoms with Gasteiger partial charge in [-0.25, -0.2) is 8.42 Å². The lowest BCUT2D eigenvalue weighted by molar-refractivity contribution is -0.139. The molecule has 4 fully saturated rings. The third-order valence-corrected chi connectivity index (χ3v) is 11.4. The summed E-state index contributed by atoms with van der Waals surface area (Å²) in [4.78, 5) is 36.3. The van der Waals surface area contributed by atoms with Gasteiger partial charge in [0.05, 0.1) is 5.56 Å². The van der Waals surface area contributed by atoms with Crippen LogP contribution in [-0.4, -0.2) is 103 Å². The van der Waals surface area contributed by atoms with Crippen molar-refractivity contribution in [3.8, 4) is 0 Å². The second kappa shape index (κ2) is 11.7. The molecule has 1 saturated carbocycles. The Labute approximate surface area is 227 Å². The first-order chi connectivity index (χ1) is 18.3. The zero-order chi connectivity index (χ0) is 26.9. The second-order valence-corrected chi connectivity index (χ2v) is 13.6. The van der Waals surface area contributed by atoms with Crippen LogP contribution in [0.4, 0.5) is 0 Å². The van der Waals surface area contributed by atoms with E-state index in [2.05, 4.69) is 9.88 Å². The highest BCUT2D eigenvalue weighted by molar-refractivity contribution is 7.89. The topological polar surface area (TPSA) is 97.0 Å². The molecule has 4 aliphatic rings. The largest absolute Gasteiger partial charge is 0.361 e. The zero-order valence-electron chi connectivity index (χ0n) is 23.2. The van der Waals surface area contributed by atoms with Crippen molar-refractivity contribution in [3.05, 3.63) is 17.0 Å². The molecule has 1 N–H and O–H groups in total. The summed E-state index contributed by atoms with van der Waals surface area (Å²) in [5, 5.41) is 0. The molecule has 38 heavy (non-hydrogen) atoms. The molecule has 4 heterocycles. The number of hydrogen-bond acceptors (Lipinski definition) is 5. The third kappa shape index (κ3) is 5.54. The van der Waals surface area contributed by atoms with E-state index >= 15 is 0 Å². The van der Waals surface area contributed by atoms with Crippen LogP contribution in [-0.2, 0) is 14.8 Å². The van der Waals surface area contributed by atoms with Crippen molar-refractivity contribution in [2.75, 3.05) is 52.4 Å². The van der Waals surface area contributed by atoms with Crippen molar-refractivity contribution < 1.29 is 18.0 Å². The molecule has 10 heteroatoms. The summed E-state index contributed by atoms with van der Waals surface area (Å²) >= 11 is 0. The maximum absolute atomic E-state index is 13.8. The normalized spacial score (nSPS) is 23.6. The number of hydrogen-bond donors (Lipinski definition) is 1. The van der Waals surface area contributed by atoms with Crippen LogP contribution < -0.4 is 0 Å². The Morgan fingerprint density at radius 2 is 1.32 bits per heavy atom. The summed E-state index contributed by atoms with van der Waals surface area (Å²) in [6.07, 6.45) is 10.6. The summed E-state index contributed by atoms with van der Waals surface area (Å²) in [5.74, 6) is -0.145. The number of aromatic amines is 1. The zero-order valence-corrected chi connectivity index (χ0v) is 24.0. The fourth-order valence-electron chi connectivity index (χ4n) is 7.08. The number of carbonyl (C=O) groups excluding carboxylic acids is 2. The van der Waals surface area contributed by atoms with Gasteiger partial charge in [-0.1, -0.05) is 19.3 Å². The molecule has 0 atom stereocenters. The minimum Gasteiger partial charge on any atom is -0.361 e. The second-order valence-electron chi connectivity index (χ2n) is 11.8. The lowest BCUT2D eigenvalue weighted by atomic mass is 9.93. The molecule has 1 aromatic rings. The molecule has 0 bridgehead atoms. The number of piperidine rings is 2. The van der Waals surface area contributed by atoms with E-state index in [9.17, 15) is 18.0 Å². The fourth-order valence-corrected chi connectivity index (χ4v) is 8.96. The molecule has 1 aliphatic carbocycles. The number of carbonyl (C=O) groups is 2. The predicted molar refractivity (Wildman–Crippen MR) is 147 cm³/mol. The third-order valence-electron chi connectivity index (χ3n) is 9.29. The summed E-state index contributed by atoms with van der Waals surface area (Å²) in [7, 11) is -3.86. The van der Waals surface area contributed by atoms with E-state index in [1.807, 2.05) is 4.90 Å². The molecule has 0 aromatic carbocycles. The molecule has 9 nitrogen and oxygen atoms in total. The average molecular weight is 548 g/mol. The number of sulfonamides is 1. The van der Waals surface area contributed by atoms with E-state index in [4.69, 9.17) is 0 Å². The number of aryl methyl sites for hydroxylation is 2. The number of likely N-dealkylation sites (tertiary alicyclic amines) is 1. The number of H-pyrrole nitrogens is 1. The highest BCUT2D eigenvalue weighted by Crippen LogP contribution is 2.32. The van der Waals surface area contributed by atoms with Crippen LogP contribution in [0.25, 0.3) is 0 Å². The van der Waals surface area contributed by atoms with Gasteiger partial charge in [-0.3, -0.25) is 14.5 Å². The van der Waals surface area contributed by atoms with Crippen LogP contribution in [0.15, 0.2) is 4.90 Å². The molecule has 3 saturated heterocycles. The molecule has 0 unspecified atom stereocenters. The highest BCUT2D eigenvalue weighted by Gasteiger charge is 2.39. The quantitative estimate of drug-likeness (QED) is 0.611. The van der Waals surface area contributed by atoms with Crippen molar-refractivity contribution in [1.82, 2.24) is 24.0 Å². The van der Waals surface area contributed by atoms with E-state index in [0.29, 0.717) is 62.0 Å². The van der Waals surface area contributed by atoms with E-state index in [0.717, 1.165) is 45.4 Å².